The number of likely N-dealkylation sites (tertiary alicyclic amines) is 1. The van der Waals surface area contributed by atoms with Gasteiger partial charge in [0, 0.05) is 39.3 Å². The first-order valence-electron chi connectivity index (χ1n) is 9.32. The second-order valence-corrected chi connectivity index (χ2v) is 9.48. The number of hydrogen-bond acceptors (Lipinski definition) is 5. The summed E-state index contributed by atoms with van der Waals surface area (Å²) in [5, 5.41) is 2.82. The third-order valence-electron chi connectivity index (χ3n) is 5.13. The van der Waals surface area contributed by atoms with E-state index in [2.05, 4.69) is 31.0 Å². The molecule has 3 rings (SSSR count). The van der Waals surface area contributed by atoms with Gasteiger partial charge in [-0.3, -0.25) is 14.5 Å². The van der Waals surface area contributed by atoms with Crippen molar-refractivity contribution in [2.75, 3.05) is 52.4 Å². The summed E-state index contributed by atoms with van der Waals surface area (Å²) < 4.78 is 0.909. The fraction of sp³-hybridized carbons (Fsp3) is 0.667. The summed E-state index contributed by atoms with van der Waals surface area (Å²) in [7, 11) is 0. The molecule has 3 heterocycles. The molecular formula is C18H27BrN4O2S. The first kappa shape index (κ1) is 19.8. The van der Waals surface area contributed by atoms with Gasteiger partial charge < -0.3 is 15.1 Å². The minimum absolute atomic E-state index is 0.00756. The van der Waals surface area contributed by atoms with Crippen molar-refractivity contribution in [3.8, 4) is 0 Å². The van der Waals surface area contributed by atoms with Crippen LogP contribution < -0.4 is 5.32 Å². The monoisotopic (exact) mass is 442 g/mol. The molecule has 6 nitrogen and oxygen atoms in total. The molecule has 144 valence electrons. The van der Waals surface area contributed by atoms with E-state index in [4.69, 9.17) is 0 Å². The van der Waals surface area contributed by atoms with Gasteiger partial charge in [-0.25, -0.2) is 0 Å². The number of thiophene rings is 1. The van der Waals surface area contributed by atoms with E-state index in [1.54, 1.807) is 13.0 Å². The Morgan fingerprint density at radius 3 is 2.27 bits per heavy atom. The van der Waals surface area contributed by atoms with Gasteiger partial charge in [-0.05, 0) is 60.9 Å². The zero-order valence-corrected chi connectivity index (χ0v) is 17.6. The average molecular weight is 443 g/mol. The zero-order chi connectivity index (χ0) is 18.5. The number of carbonyl (C=O) groups is 2. The fourth-order valence-electron chi connectivity index (χ4n) is 3.52. The molecule has 2 aliphatic rings. The fourth-order valence-corrected chi connectivity index (χ4v) is 4.81. The Balaban J connectivity index is 1.40. The molecule has 0 aliphatic carbocycles. The lowest BCUT2D eigenvalue weighted by Crippen LogP contribution is -2.54. The molecule has 0 spiro atoms. The smallest absolute Gasteiger partial charge is 0.262 e. The lowest BCUT2D eigenvalue weighted by atomic mass is 10.2. The Kier molecular flexibility index (Phi) is 7.08. The quantitative estimate of drug-likeness (QED) is 0.730. The summed E-state index contributed by atoms with van der Waals surface area (Å²) in [6.45, 7) is 9.76. The molecule has 0 bridgehead atoms. The predicted octanol–water partition coefficient (Wildman–Crippen LogP) is 1.87. The summed E-state index contributed by atoms with van der Waals surface area (Å²) in [6.07, 6.45) is 2.66. The van der Waals surface area contributed by atoms with E-state index in [1.807, 2.05) is 11.0 Å². The zero-order valence-electron chi connectivity index (χ0n) is 15.2. The highest BCUT2D eigenvalue weighted by Gasteiger charge is 2.26. The summed E-state index contributed by atoms with van der Waals surface area (Å²) in [6, 6.07) is 3.10. The van der Waals surface area contributed by atoms with E-state index in [0.717, 1.165) is 43.1 Å². The third kappa shape index (κ3) is 5.28. The van der Waals surface area contributed by atoms with E-state index in [0.29, 0.717) is 4.88 Å². The van der Waals surface area contributed by atoms with Gasteiger partial charge in [0.1, 0.15) is 6.04 Å². The number of rotatable bonds is 6. The first-order chi connectivity index (χ1) is 12.5. The third-order valence-corrected chi connectivity index (χ3v) is 6.75. The molecule has 0 radical (unpaired) electrons. The van der Waals surface area contributed by atoms with E-state index in [-0.39, 0.29) is 11.8 Å². The average Bonchev–Trinajstić information content (AvgIpc) is 3.31. The lowest BCUT2D eigenvalue weighted by Gasteiger charge is -2.36. The van der Waals surface area contributed by atoms with Gasteiger partial charge in [0.25, 0.3) is 5.91 Å². The molecule has 0 aromatic carbocycles. The second-order valence-electron chi connectivity index (χ2n) is 7.01. The Bertz CT molecular complexity index is 624. The molecule has 8 heteroatoms. The Morgan fingerprint density at radius 1 is 1.08 bits per heavy atom. The maximum absolute atomic E-state index is 12.6. The molecule has 2 fully saturated rings. The van der Waals surface area contributed by atoms with Crippen LogP contribution in [0.5, 0.6) is 0 Å². The van der Waals surface area contributed by atoms with Crippen LogP contribution in [0.2, 0.25) is 0 Å². The molecule has 1 N–H and O–H groups in total. The molecule has 2 saturated heterocycles. The molecule has 1 aromatic heterocycles. The van der Waals surface area contributed by atoms with Gasteiger partial charge in [-0.15, -0.1) is 11.3 Å². The van der Waals surface area contributed by atoms with Crippen LogP contribution in [0.25, 0.3) is 0 Å². The first-order valence-corrected chi connectivity index (χ1v) is 10.9. The van der Waals surface area contributed by atoms with Gasteiger partial charge in [-0.1, -0.05) is 0 Å². The Morgan fingerprint density at radius 2 is 1.69 bits per heavy atom. The van der Waals surface area contributed by atoms with Crippen molar-refractivity contribution >= 4 is 39.1 Å². The van der Waals surface area contributed by atoms with Crippen LogP contribution in [0, 0.1) is 0 Å². The Labute approximate surface area is 167 Å². The topological polar surface area (TPSA) is 55.9 Å². The van der Waals surface area contributed by atoms with Gasteiger partial charge in [0.15, 0.2) is 0 Å². The van der Waals surface area contributed by atoms with Gasteiger partial charge in [0.2, 0.25) is 5.91 Å². The van der Waals surface area contributed by atoms with E-state index in [1.165, 1.54) is 37.3 Å². The normalized spacial score (nSPS) is 20.3. The van der Waals surface area contributed by atoms with Crippen molar-refractivity contribution in [1.29, 1.82) is 0 Å². The van der Waals surface area contributed by atoms with Crippen LogP contribution in [0.3, 0.4) is 0 Å². The minimum atomic E-state index is -0.500. The molecule has 2 amide bonds. The van der Waals surface area contributed by atoms with Crippen LogP contribution in [0.1, 0.15) is 29.4 Å². The number of amides is 2. The maximum atomic E-state index is 12.6. The van der Waals surface area contributed by atoms with E-state index < -0.39 is 6.04 Å². The van der Waals surface area contributed by atoms with Gasteiger partial charge >= 0.3 is 0 Å². The standard InChI is InChI=1S/C18H27BrN4O2S/c1-14(20-17(24)15-4-5-16(19)26-15)18(25)23-12-10-22(11-13-23)9-8-21-6-2-3-7-21/h4-5,14H,2-3,6-13H2,1H3,(H,20,24). The van der Waals surface area contributed by atoms with E-state index in [9.17, 15) is 9.59 Å². The highest BCUT2D eigenvalue weighted by atomic mass is 79.9. The molecule has 26 heavy (non-hydrogen) atoms. The molecule has 1 aromatic rings. The van der Waals surface area contributed by atoms with Crippen LogP contribution in [-0.2, 0) is 4.79 Å². The van der Waals surface area contributed by atoms with Crippen molar-refractivity contribution in [2.24, 2.45) is 0 Å². The minimum Gasteiger partial charge on any atom is -0.340 e. The maximum Gasteiger partial charge on any atom is 0.262 e. The van der Waals surface area contributed by atoms with Crippen molar-refractivity contribution in [3.63, 3.8) is 0 Å². The molecule has 1 atom stereocenters. The summed E-state index contributed by atoms with van der Waals surface area (Å²) >= 11 is 4.72. The largest absolute Gasteiger partial charge is 0.340 e. The number of piperazine rings is 1. The molecule has 1 unspecified atom stereocenters. The van der Waals surface area contributed by atoms with Crippen molar-refractivity contribution in [2.45, 2.75) is 25.8 Å². The van der Waals surface area contributed by atoms with Crippen molar-refractivity contribution in [3.05, 3.63) is 20.8 Å². The molecule has 2 aliphatic heterocycles. The summed E-state index contributed by atoms with van der Waals surface area (Å²) in [5.41, 5.74) is 0. The van der Waals surface area contributed by atoms with Crippen LogP contribution >= 0.6 is 27.3 Å². The number of nitrogens with zero attached hydrogens (tertiary/aromatic N) is 3. The van der Waals surface area contributed by atoms with Gasteiger partial charge in [0.05, 0.1) is 8.66 Å². The lowest BCUT2D eigenvalue weighted by molar-refractivity contribution is -0.134. The number of nitrogens with one attached hydrogen (secondary N) is 1. The summed E-state index contributed by atoms with van der Waals surface area (Å²) in [4.78, 5) is 32.3. The van der Waals surface area contributed by atoms with Crippen LogP contribution in [0.4, 0.5) is 0 Å². The highest BCUT2D eigenvalue weighted by molar-refractivity contribution is 9.11. The van der Waals surface area contributed by atoms with Crippen LogP contribution in [0.15, 0.2) is 15.9 Å². The van der Waals surface area contributed by atoms with Gasteiger partial charge in [-0.2, -0.15) is 0 Å². The molecule has 0 saturated carbocycles. The SMILES string of the molecule is CC(NC(=O)c1ccc(Br)s1)C(=O)N1CCN(CCN2CCCC2)CC1. The molecular weight excluding hydrogens is 416 g/mol. The highest BCUT2D eigenvalue weighted by Crippen LogP contribution is 2.22. The van der Waals surface area contributed by atoms with Crippen molar-refractivity contribution in [1.82, 2.24) is 20.0 Å². The van der Waals surface area contributed by atoms with E-state index >= 15 is 0 Å². The summed E-state index contributed by atoms with van der Waals surface area (Å²) in [5.74, 6) is -0.182. The Hall–Kier alpha value is -0.960. The number of halogens is 1. The number of hydrogen-bond donors (Lipinski definition) is 1. The predicted molar refractivity (Wildman–Crippen MR) is 108 cm³/mol. The number of carbonyl (C=O) groups excluding carboxylic acids is 2. The second kappa shape index (κ2) is 9.30. The van der Waals surface area contributed by atoms with Crippen molar-refractivity contribution < 1.29 is 9.59 Å². The van der Waals surface area contributed by atoms with Crippen LogP contribution in [-0.4, -0.2) is 84.9 Å².